The fraction of sp³-hybridized carbons (Fsp3) is 0.167. The summed E-state index contributed by atoms with van der Waals surface area (Å²) in [5.74, 6) is -0.694. The first kappa shape index (κ1) is 12.8. The number of nitrogens with zero attached hydrogens (tertiary/aromatic N) is 2. The van der Waals surface area contributed by atoms with Gasteiger partial charge in [-0.05, 0) is 28.1 Å². The van der Waals surface area contributed by atoms with E-state index in [9.17, 15) is 9.18 Å². The lowest BCUT2D eigenvalue weighted by atomic mass is 10.2. The Labute approximate surface area is 112 Å². The average Bonchev–Trinajstić information content (AvgIpc) is 2.84. The number of rotatable bonds is 3. The highest BCUT2D eigenvalue weighted by Crippen LogP contribution is 2.22. The van der Waals surface area contributed by atoms with Gasteiger partial charge in [0.2, 0.25) is 0 Å². The van der Waals surface area contributed by atoms with Crippen LogP contribution in [0.1, 0.15) is 15.9 Å². The van der Waals surface area contributed by atoms with E-state index in [0.717, 1.165) is 5.56 Å². The highest BCUT2D eigenvalue weighted by Gasteiger charge is 2.17. The molecule has 4 nitrogen and oxygen atoms in total. The molecule has 18 heavy (non-hydrogen) atoms. The molecule has 0 saturated heterocycles. The lowest BCUT2D eigenvalue weighted by Crippen LogP contribution is -2.26. The summed E-state index contributed by atoms with van der Waals surface area (Å²) in [6.45, 7) is 0.415. The maximum atomic E-state index is 13.3. The minimum absolute atomic E-state index is 0.189. The Hall–Kier alpha value is -1.69. The van der Waals surface area contributed by atoms with Crippen molar-refractivity contribution in [1.82, 2.24) is 15.1 Å². The van der Waals surface area contributed by atoms with Crippen LogP contribution in [0.5, 0.6) is 0 Å². The van der Waals surface area contributed by atoms with Crippen molar-refractivity contribution in [1.29, 1.82) is 0 Å². The van der Waals surface area contributed by atoms with E-state index in [2.05, 4.69) is 26.1 Å². The number of hydrogen-bond donors (Lipinski definition) is 1. The molecule has 0 aliphatic rings. The summed E-state index contributed by atoms with van der Waals surface area (Å²) in [6.07, 6.45) is 3.36. The van der Waals surface area contributed by atoms with Gasteiger partial charge in [-0.3, -0.25) is 9.89 Å². The largest absolute Gasteiger partial charge is 0.337 e. The summed E-state index contributed by atoms with van der Waals surface area (Å²) in [5, 5.41) is 6.48. The molecule has 1 aromatic carbocycles. The van der Waals surface area contributed by atoms with Crippen LogP contribution in [-0.2, 0) is 6.54 Å². The summed E-state index contributed by atoms with van der Waals surface area (Å²) < 4.78 is 13.5. The van der Waals surface area contributed by atoms with Crippen LogP contribution in [0.25, 0.3) is 0 Å². The van der Waals surface area contributed by atoms with Crippen LogP contribution in [0.2, 0.25) is 0 Å². The number of aromatic nitrogens is 2. The van der Waals surface area contributed by atoms with Gasteiger partial charge in [-0.15, -0.1) is 0 Å². The van der Waals surface area contributed by atoms with Crippen molar-refractivity contribution in [3.63, 3.8) is 0 Å². The Kier molecular flexibility index (Phi) is 3.76. The molecule has 0 fully saturated rings. The van der Waals surface area contributed by atoms with Gasteiger partial charge in [0.05, 0.1) is 16.2 Å². The lowest BCUT2D eigenvalue weighted by Gasteiger charge is -2.17. The number of carbonyl (C=O) groups excluding carboxylic acids is 1. The zero-order valence-electron chi connectivity index (χ0n) is 9.65. The summed E-state index contributed by atoms with van der Waals surface area (Å²) in [6, 6.07) is 4.40. The third kappa shape index (κ3) is 2.59. The van der Waals surface area contributed by atoms with E-state index < -0.39 is 5.82 Å². The molecule has 1 amide bonds. The van der Waals surface area contributed by atoms with Gasteiger partial charge >= 0.3 is 0 Å². The molecule has 0 aliphatic carbocycles. The molecule has 0 spiro atoms. The Morgan fingerprint density at radius 3 is 3.00 bits per heavy atom. The SMILES string of the molecule is CN(Cc1cn[nH]c1)C(=O)c1cccc(F)c1Br. The third-order valence-electron chi connectivity index (χ3n) is 2.50. The summed E-state index contributed by atoms with van der Waals surface area (Å²) >= 11 is 3.09. The lowest BCUT2D eigenvalue weighted by molar-refractivity contribution is 0.0783. The second-order valence-electron chi connectivity index (χ2n) is 3.87. The number of halogens is 2. The summed E-state index contributed by atoms with van der Waals surface area (Å²) in [7, 11) is 1.66. The van der Waals surface area contributed by atoms with Gasteiger partial charge < -0.3 is 4.90 Å². The molecular formula is C12H11BrFN3O. The highest BCUT2D eigenvalue weighted by atomic mass is 79.9. The van der Waals surface area contributed by atoms with E-state index in [1.165, 1.54) is 17.0 Å². The number of hydrogen-bond acceptors (Lipinski definition) is 2. The number of amides is 1. The number of aromatic amines is 1. The minimum atomic E-state index is -0.447. The quantitative estimate of drug-likeness (QED) is 0.947. The van der Waals surface area contributed by atoms with Crippen LogP contribution < -0.4 is 0 Å². The molecule has 0 bridgehead atoms. The van der Waals surface area contributed by atoms with E-state index in [0.29, 0.717) is 12.1 Å². The maximum absolute atomic E-state index is 13.3. The second-order valence-corrected chi connectivity index (χ2v) is 4.66. The van der Waals surface area contributed by atoms with Gasteiger partial charge in [-0.25, -0.2) is 4.39 Å². The zero-order chi connectivity index (χ0) is 13.1. The number of H-pyrrole nitrogens is 1. The zero-order valence-corrected chi connectivity index (χ0v) is 11.2. The van der Waals surface area contributed by atoms with Crippen LogP contribution in [-0.4, -0.2) is 28.1 Å². The van der Waals surface area contributed by atoms with Crippen molar-refractivity contribution < 1.29 is 9.18 Å². The van der Waals surface area contributed by atoms with Gasteiger partial charge in [-0.2, -0.15) is 5.10 Å². The predicted octanol–water partition coefficient (Wildman–Crippen LogP) is 2.58. The van der Waals surface area contributed by atoms with E-state index in [1.54, 1.807) is 25.5 Å². The van der Waals surface area contributed by atoms with Crippen molar-refractivity contribution >= 4 is 21.8 Å². The topological polar surface area (TPSA) is 49.0 Å². The monoisotopic (exact) mass is 311 g/mol. The molecular weight excluding hydrogens is 301 g/mol. The molecule has 0 saturated carbocycles. The first-order chi connectivity index (χ1) is 8.59. The molecule has 1 heterocycles. The van der Waals surface area contributed by atoms with Gasteiger partial charge in [0.15, 0.2) is 0 Å². The number of nitrogens with one attached hydrogen (secondary N) is 1. The smallest absolute Gasteiger partial charge is 0.255 e. The predicted molar refractivity (Wildman–Crippen MR) is 68.5 cm³/mol. The van der Waals surface area contributed by atoms with Crippen LogP contribution >= 0.6 is 15.9 Å². The van der Waals surface area contributed by atoms with Gasteiger partial charge in [0.1, 0.15) is 5.82 Å². The Bertz CT molecular complexity index is 556. The number of benzene rings is 1. The molecule has 0 unspecified atom stereocenters. The van der Waals surface area contributed by atoms with Gasteiger partial charge in [0.25, 0.3) is 5.91 Å². The Morgan fingerprint density at radius 2 is 2.33 bits per heavy atom. The van der Waals surface area contributed by atoms with Crippen molar-refractivity contribution in [3.05, 3.63) is 52.0 Å². The van der Waals surface area contributed by atoms with Crippen LogP contribution in [0.15, 0.2) is 35.1 Å². The molecule has 0 aliphatic heterocycles. The highest BCUT2D eigenvalue weighted by molar-refractivity contribution is 9.10. The summed E-state index contributed by atoms with van der Waals surface area (Å²) in [4.78, 5) is 13.6. The van der Waals surface area contributed by atoms with Crippen molar-refractivity contribution in [2.24, 2.45) is 0 Å². The standard InChI is InChI=1S/C12H11BrFN3O/c1-17(7-8-5-15-16-6-8)12(18)9-3-2-4-10(14)11(9)13/h2-6H,7H2,1H3,(H,15,16). The second kappa shape index (κ2) is 5.30. The van der Waals surface area contributed by atoms with E-state index >= 15 is 0 Å². The first-order valence-electron chi connectivity index (χ1n) is 5.26. The third-order valence-corrected chi connectivity index (χ3v) is 3.31. The van der Waals surface area contributed by atoms with Crippen molar-refractivity contribution in [3.8, 4) is 0 Å². The van der Waals surface area contributed by atoms with E-state index in [-0.39, 0.29) is 10.4 Å². The normalized spacial score (nSPS) is 10.4. The van der Waals surface area contributed by atoms with Crippen LogP contribution in [0.4, 0.5) is 4.39 Å². The maximum Gasteiger partial charge on any atom is 0.255 e. The molecule has 6 heteroatoms. The number of carbonyl (C=O) groups is 1. The van der Waals surface area contributed by atoms with Crippen molar-refractivity contribution in [2.45, 2.75) is 6.54 Å². The Balaban J connectivity index is 2.18. The average molecular weight is 312 g/mol. The fourth-order valence-corrected chi connectivity index (χ4v) is 2.02. The van der Waals surface area contributed by atoms with Crippen LogP contribution in [0.3, 0.4) is 0 Å². The van der Waals surface area contributed by atoms with Gasteiger partial charge in [-0.1, -0.05) is 6.07 Å². The molecule has 0 atom stereocenters. The first-order valence-corrected chi connectivity index (χ1v) is 6.06. The summed E-state index contributed by atoms with van der Waals surface area (Å²) in [5.41, 5.74) is 1.19. The molecule has 2 rings (SSSR count). The van der Waals surface area contributed by atoms with E-state index in [4.69, 9.17) is 0 Å². The van der Waals surface area contributed by atoms with E-state index in [1.807, 2.05) is 0 Å². The fourth-order valence-electron chi connectivity index (χ4n) is 1.58. The Morgan fingerprint density at radius 1 is 1.56 bits per heavy atom. The van der Waals surface area contributed by atoms with Crippen LogP contribution in [0, 0.1) is 5.82 Å². The molecule has 2 aromatic rings. The molecule has 94 valence electrons. The van der Waals surface area contributed by atoms with Crippen molar-refractivity contribution in [2.75, 3.05) is 7.05 Å². The molecule has 0 radical (unpaired) electrons. The minimum Gasteiger partial charge on any atom is -0.337 e. The molecule has 1 N–H and O–H groups in total. The molecule has 1 aromatic heterocycles. The van der Waals surface area contributed by atoms with Gasteiger partial charge in [0, 0.05) is 25.4 Å².